The van der Waals surface area contributed by atoms with Crippen molar-refractivity contribution >= 4 is 17.1 Å². The van der Waals surface area contributed by atoms with E-state index in [2.05, 4.69) is 10.2 Å². The maximum atomic E-state index is 9.40. The zero-order chi connectivity index (χ0) is 13.7. The fourth-order valence-corrected chi connectivity index (χ4v) is 1.68. The standard InChI is InChI=1S/C15H17N3O/c1-18(2)14-8-9-15(12(10-14)11-19)17-16-13-6-4-3-5-7-13/h3-10,19H,11H2,1-2H3/b17-16+. The van der Waals surface area contributed by atoms with Crippen LogP contribution in [0.4, 0.5) is 17.1 Å². The van der Waals surface area contributed by atoms with Gasteiger partial charge in [0.25, 0.3) is 0 Å². The molecule has 0 fully saturated rings. The summed E-state index contributed by atoms with van der Waals surface area (Å²) in [6, 6.07) is 15.3. The third-order valence-corrected chi connectivity index (χ3v) is 2.78. The van der Waals surface area contributed by atoms with Crippen molar-refractivity contribution in [3.05, 3.63) is 54.1 Å². The molecule has 0 heterocycles. The Labute approximate surface area is 113 Å². The van der Waals surface area contributed by atoms with E-state index in [4.69, 9.17) is 0 Å². The molecule has 0 saturated carbocycles. The van der Waals surface area contributed by atoms with Gasteiger partial charge in [-0.15, -0.1) is 0 Å². The predicted molar refractivity (Wildman–Crippen MR) is 77.3 cm³/mol. The van der Waals surface area contributed by atoms with Gasteiger partial charge in [0.15, 0.2) is 0 Å². The number of hydrogen-bond acceptors (Lipinski definition) is 4. The third-order valence-electron chi connectivity index (χ3n) is 2.78. The molecular weight excluding hydrogens is 238 g/mol. The topological polar surface area (TPSA) is 48.2 Å². The van der Waals surface area contributed by atoms with Gasteiger partial charge in [-0.25, -0.2) is 0 Å². The van der Waals surface area contributed by atoms with E-state index in [-0.39, 0.29) is 6.61 Å². The molecule has 2 aromatic carbocycles. The van der Waals surface area contributed by atoms with E-state index in [1.807, 2.05) is 67.5 Å². The summed E-state index contributed by atoms with van der Waals surface area (Å²) in [5.41, 5.74) is 3.29. The lowest BCUT2D eigenvalue weighted by atomic mass is 10.1. The lowest BCUT2D eigenvalue weighted by Crippen LogP contribution is -2.08. The van der Waals surface area contributed by atoms with Gasteiger partial charge in [-0.1, -0.05) is 18.2 Å². The normalized spacial score (nSPS) is 10.9. The van der Waals surface area contributed by atoms with Gasteiger partial charge in [0, 0.05) is 25.3 Å². The number of aliphatic hydroxyl groups is 1. The predicted octanol–water partition coefficient (Wildman–Crippen LogP) is 3.66. The fraction of sp³-hybridized carbons (Fsp3) is 0.200. The Bertz CT molecular complexity index is 565. The second kappa shape index (κ2) is 6.11. The highest BCUT2D eigenvalue weighted by Crippen LogP contribution is 2.26. The number of aliphatic hydroxyl groups excluding tert-OH is 1. The fourth-order valence-electron chi connectivity index (χ4n) is 1.68. The van der Waals surface area contributed by atoms with E-state index in [1.165, 1.54) is 0 Å². The Balaban J connectivity index is 2.28. The number of benzene rings is 2. The number of azo groups is 1. The van der Waals surface area contributed by atoms with E-state index in [1.54, 1.807) is 0 Å². The lowest BCUT2D eigenvalue weighted by Gasteiger charge is -2.14. The first-order valence-electron chi connectivity index (χ1n) is 6.08. The van der Waals surface area contributed by atoms with Crippen LogP contribution in [0.5, 0.6) is 0 Å². The summed E-state index contributed by atoms with van der Waals surface area (Å²) in [6.45, 7) is -0.0508. The van der Waals surface area contributed by atoms with Crippen LogP contribution >= 0.6 is 0 Å². The molecule has 0 radical (unpaired) electrons. The molecule has 19 heavy (non-hydrogen) atoms. The Kier molecular flexibility index (Phi) is 4.26. The minimum Gasteiger partial charge on any atom is -0.392 e. The van der Waals surface area contributed by atoms with Gasteiger partial charge in [0.2, 0.25) is 0 Å². The second-order valence-electron chi connectivity index (χ2n) is 4.40. The van der Waals surface area contributed by atoms with Gasteiger partial charge in [-0.2, -0.15) is 10.2 Å². The van der Waals surface area contributed by atoms with Crippen molar-refractivity contribution in [1.82, 2.24) is 0 Å². The minimum atomic E-state index is -0.0508. The number of anilines is 1. The summed E-state index contributed by atoms with van der Waals surface area (Å²) in [4.78, 5) is 1.98. The molecule has 4 nitrogen and oxygen atoms in total. The Morgan fingerprint density at radius 2 is 1.74 bits per heavy atom. The minimum absolute atomic E-state index is 0.0508. The van der Waals surface area contributed by atoms with Crippen LogP contribution in [0, 0.1) is 0 Å². The van der Waals surface area contributed by atoms with E-state index >= 15 is 0 Å². The van der Waals surface area contributed by atoms with E-state index in [0.717, 1.165) is 16.9 Å². The van der Waals surface area contributed by atoms with Gasteiger partial charge in [0.05, 0.1) is 18.0 Å². The monoisotopic (exact) mass is 255 g/mol. The first-order chi connectivity index (χ1) is 9.20. The average Bonchev–Trinajstić information content (AvgIpc) is 2.45. The van der Waals surface area contributed by atoms with Crippen LogP contribution in [-0.4, -0.2) is 19.2 Å². The second-order valence-corrected chi connectivity index (χ2v) is 4.40. The van der Waals surface area contributed by atoms with Gasteiger partial charge >= 0.3 is 0 Å². The molecule has 2 aromatic rings. The van der Waals surface area contributed by atoms with Crippen molar-refractivity contribution in [3.8, 4) is 0 Å². The molecule has 0 spiro atoms. The van der Waals surface area contributed by atoms with Gasteiger partial charge < -0.3 is 10.0 Å². The molecule has 1 N–H and O–H groups in total. The summed E-state index contributed by atoms with van der Waals surface area (Å²) >= 11 is 0. The molecule has 0 unspecified atom stereocenters. The Morgan fingerprint density at radius 1 is 1.00 bits per heavy atom. The number of rotatable bonds is 4. The van der Waals surface area contributed by atoms with E-state index < -0.39 is 0 Å². The van der Waals surface area contributed by atoms with Crippen LogP contribution < -0.4 is 4.90 Å². The first-order valence-corrected chi connectivity index (χ1v) is 6.08. The van der Waals surface area contributed by atoms with Crippen molar-refractivity contribution in [1.29, 1.82) is 0 Å². The van der Waals surface area contributed by atoms with E-state index in [9.17, 15) is 5.11 Å². The van der Waals surface area contributed by atoms with Crippen LogP contribution in [0.3, 0.4) is 0 Å². The molecule has 0 aliphatic rings. The molecule has 98 valence electrons. The zero-order valence-corrected chi connectivity index (χ0v) is 11.1. The molecule has 0 saturated heterocycles. The third kappa shape index (κ3) is 3.39. The molecule has 2 rings (SSSR count). The Hall–Kier alpha value is -2.20. The highest BCUT2D eigenvalue weighted by atomic mass is 16.3. The van der Waals surface area contributed by atoms with Crippen LogP contribution in [0.2, 0.25) is 0 Å². The molecule has 0 bridgehead atoms. The molecular formula is C15H17N3O. The summed E-state index contributed by atoms with van der Waals surface area (Å²) in [5, 5.41) is 17.8. The number of nitrogens with zero attached hydrogens (tertiary/aromatic N) is 3. The highest BCUT2D eigenvalue weighted by molar-refractivity contribution is 5.57. The SMILES string of the molecule is CN(C)c1ccc(/N=N/c2ccccc2)c(CO)c1. The summed E-state index contributed by atoms with van der Waals surface area (Å²) in [6.07, 6.45) is 0. The smallest absolute Gasteiger partial charge is 0.0913 e. The lowest BCUT2D eigenvalue weighted by molar-refractivity contribution is 0.282. The molecule has 4 heteroatoms. The molecule has 0 atom stereocenters. The molecule has 0 aliphatic heterocycles. The van der Waals surface area contributed by atoms with Crippen molar-refractivity contribution in [2.45, 2.75) is 6.61 Å². The summed E-state index contributed by atoms with van der Waals surface area (Å²) < 4.78 is 0. The maximum Gasteiger partial charge on any atom is 0.0913 e. The van der Waals surface area contributed by atoms with Crippen molar-refractivity contribution in [2.75, 3.05) is 19.0 Å². The highest BCUT2D eigenvalue weighted by Gasteiger charge is 2.03. The van der Waals surface area contributed by atoms with Crippen molar-refractivity contribution < 1.29 is 5.11 Å². The first kappa shape index (κ1) is 13.2. The molecule has 0 aromatic heterocycles. The van der Waals surface area contributed by atoms with Gasteiger partial charge in [-0.3, -0.25) is 0 Å². The largest absolute Gasteiger partial charge is 0.392 e. The van der Waals surface area contributed by atoms with Crippen LogP contribution in [0.25, 0.3) is 0 Å². The van der Waals surface area contributed by atoms with Crippen molar-refractivity contribution in [3.63, 3.8) is 0 Å². The Morgan fingerprint density at radius 3 is 2.37 bits per heavy atom. The van der Waals surface area contributed by atoms with Crippen molar-refractivity contribution in [2.24, 2.45) is 10.2 Å². The number of hydrogen-bond donors (Lipinski definition) is 1. The van der Waals surface area contributed by atoms with Crippen LogP contribution in [0.15, 0.2) is 58.8 Å². The zero-order valence-electron chi connectivity index (χ0n) is 11.1. The molecule has 0 amide bonds. The van der Waals surface area contributed by atoms with E-state index in [0.29, 0.717) is 5.69 Å². The molecule has 0 aliphatic carbocycles. The average molecular weight is 255 g/mol. The van der Waals surface area contributed by atoms with Gasteiger partial charge in [-0.05, 0) is 30.3 Å². The quantitative estimate of drug-likeness (QED) is 0.847. The van der Waals surface area contributed by atoms with Gasteiger partial charge in [0.1, 0.15) is 0 Å². The van der Waals surface area contributed by atoms with Crippen LogP contribution in [-0.2, 0) is 6.61 Å². The maximum absolute atomic E-state index is 9.40. The summed E-state index contributed by atoms with van der Waals surface area (Å²) in [7, 11) is 3.92. The summed E-state index contributed by atoms with van der Waals surface area (Å²) in [5.74, 6) is 0. The van der Waals surface area contributed by atoms with Crippen LogP contribution in [0.1, 0.15) is 5.56 Å².